The zero-order valence-electron chi connectivity index (χ0n) is 9.73. The smallest absolute Gasteiger partial charge is 0.251 e. The third-order valence-electron chi connectivity index (χ3n) is 3.28. The first-order chi connectivity index (χ1) is 8.27. The van der Waals surface area contributed by atoms with Gasteiger partial charge >= 0.3 is 0 Å². The first-order valence-electron chi connectivity index (χ1n) is 6.09. The second kappa shape index (κ2) is 6.15. The zero-order valence-corrected chi connectivity index (χ0v) is 11.3. The molecule has 0 spiro atoms. The Morgan fingerprint density at radius 2 is 2.06 bits per heavy atom. The summed E-state index contributed by atoms with van der Waals surface area (Å²) in [6.45, 7) is 0.761. The van der Waals surface area contributed by atoms with Crippen molar-refractivity contribution < 1.29 is 4.79 Å². The highest BCUT2D eigenvalue weighted by Crippen LogP contribution is 2.29. The van der Waals surface area contributed by atoms with E-state index in [1.54, 1.807) is 24.5 Å². The number of carbonyl (C=O) groups excluding carboxylic acids is 1. The molecule has 1 fully saturated rings. The van der Waals surface area contributed by atoms with Gasteiger partial charge in [0, 0.05) is 29.3 Å². The topological polar surface area (TPSA) is 42.0 Å². The largest absolute Gasteiger partial charge is 0.352 e. The molecule has 0 bridgehead atoms. The van der Waals surface area contributed by atoms with Crippen LogP contribution in [0.2, 0.25) is 0 Å². The molecule has 17 heavy (non-hydrogen) atoms. The fourth-order valence-electron chi connectivity index (χ4n) is 2.22. The Balaban J connectivity index is 1.84. The average molecular weight is 297 g/mol. The van der Waals surface area contributed by atoms with Crippen LogP contribution in [0.5, 0.6) is 0 Å². The molecule has 1 aliphatic carbocycles. The third kappa shape index (κ3) is 3.53. The van der Waals surface area contributed by atoms with Crippen molar-refractivity contribution in [3.63, 3.8) is 0 Å². The van der Waals surface area contributed by atoms with Crippen LogP contribution in [0.3, 0.4) is 0 Å². The van der Waals surface area contributed by atoms with Crippen LogP contribution >= 0.6 is 15.9 Å². The van der Waals surface area contributed by atoms with Crippen molar-refractivity contribution in [2.45, 2.75) is 30.5 Å². The highest BCUT2D eigenvalue weighted by molar-refractivity contribution is 9.09. The number of pyridine rings is 1. The predicted molar refractivity (Wildman–Crippen MR) is 71.2 cm³/mol. The Hall–Kier alpha value is -0.900. The molecule has 2 atom stereocenters. The second-order valence-corrected chi connectivity index (χ2v) is 5.68. The summed E-state index contributed by atoms with van der Waals surface area (Å²) in [7, 11) is 0. The zero-order chi connectivity index (χ0) is 12.1. The minimum Gasteiger partial charge on any atom is -0.352 e. The summed E-state index contributed by atoms with van der Waals surface area (Å²) < 4.78 is 0. The van der Waals surface area contributed by atoms with Crippen LogP contribution in [0.25, 0.3) is 0 Å². The molecular weight excluding hydrogens is 280 g/mol. The maximum absolute atomic E-state index is 11.8. The summed E-state index contributed by atoms with van der Waals surface area (Å²) in [5, 5.41) is 3.00. The van der Waals surface area contributed by atoms with Gasteiger partial charge in [0.25, 0.3) is 5.91 Å². The Labute approximate surface area is 110 Å². The Kier molecular flexibility index (Phi) is 4.54. The van der Waals surface area contributed by atoms with E-state index in [-0.39, 0.29) is 5.91 Å². The van der Waals surface area contributed by atoms with Crippen LogP contribution in [0.15, 0.2) is 24.5 Å². The molecule has 2 rings (SSSR count). The maximum atomic E-state index is 11.8. The van der Waals surface area contributed by atoms with Gasteiger partial charge in [0.15, 0.2) is 0 Å². The molecule has 3 nitrogen and oxygen atoms in total. The van der Waals surface area contributed by atoms with E-state index in [9.17, 15) is 4.79 Å². The summed E-state index contributed by atoms with van der Waals surface area (Å²) in [6, 6.07) is 3.48. The van der Waals surface area contributed by atoms with Gasteiger partial charge in [0.05, 0.1) is 0 Å². The summed E-state index contributed by atoms with van der Waals surface area (Å²) in [5.74, 6) is 0.562. The second-order valence-electron chi connectivity index (χ2n) is 4.51. The number of alkyl halides is 1. The fourth-order valence-corrected chi connectivity index (χ4v) is 3.00. The SMILES string of the molecule is O=C(NCC1CCCCC1Br)c1ccncc1. The van der Waals surface area contributed by atoms with Gasteiger partial charge in [-0.2, -0.15) is 0 Å². The average Bonchev–Trinajstić information content (AvgIpc) is 2.38. The van der Waals surface area contributed by atoms with Gasteiger partial charge in [-0.1, -0.05) is 28.8 Å². The number of hydrogen-bond acceptors (Lipinski definition) is 2. The van der Waals surface area contributed by atoms with E-state index < -0.39 is 0 Å². The normalized spacial score (nSPS) is 24.3. The molecule has 1 aromatic heterocycles. The van der Waals surface area contributed by atoms with Crippen molar-refractivity contribution in [2.75, 3.05) is 6.54 Å². The molecule has 4 heteroatoms. The van der Waals surface area contributed by atoms with Crippen molar-refractivity contribution in [1.29, 1.82) is 0 Å². The molecular formula is C13H17BrN2O. The predicted octanol–water partition coefficient (Wildman–Crippen LogP) is 2.77. The number of carbonyl (C=O) groups is 1. The van der Waals surface area contributed by atoms with Crippen LogP contribution in [0, 0.1) is 5.92 Å². The lowest BCUT2D eigenvalue weighted by Crippen LogP contribution is -2.34. The molecule has 0 radical (unpaired) electrons. The summed E-state index contributed by atoms with van der Waals surface area (Å²) in [4.78, 5) is 16.3. The number of hydrogen-bond donors (Lipinski definition) is 1. The van der Waals surface area contributed by atoms with Crippen molar-refractivity contribution in [2.24, 2.45) is 5.92 Å². The van der Waals surface area contributed by atoms with Crippen LogP contribution in [0.4, 0.5) is 0 Å². The highest BCUT2D eigenvalue weighted by Gasteiger charge is 2.23. The van der Waals surface area contributed by atoms with Gasteiger partial charge < -0.3 is 5.32 Å². The molecule has 1 heterocycles. The Bertz CT molecular complexity index is 369. The minimum absolute atomic E-state index is 0.00215. The Morgan fingerprint density at radius 1 is 1.35 bits per heavy atom. The van der Waals surface area contributed by atoms with E-state index >= 15 is 0 Å². The molecule has 1 saturated carbocycles. The summed E-state index contributed by atoms with van der Waals surface area (Å²) in [5.41, 5.74) is 0.682. The number of nitrogens with zero attached hydrogens (tertiary/aromatic N) is 1. The van der Waals surface area contributed by atoms with Gasteiger partial charge in [-0.15, -0.1) is 0 Å². The third-order valence-corrected chi connectivity index (χ3v) is 4.49. The molecule has 1 aliphatic rings. The van der Waals surface area contributed by atoms with Crippen molar-refractivity contribution in [3.8, 4) is 0 Å². The number of amides is 1. The van der Waals surface area contributed by atoms with Crippen LogP contribution in [-0.4, -0.2) is 22.3 Å². The molecule has 1 aromatic rings. The van der Waals surface area contributed by atoms with Crippen LogP contribution < -0.4 is 5.32 Å². The summed E-state index contributed by atoms with van der Waals surface area (Å²) >= 11 is 3.70. The Morgan fingerprint density at radius 3 is 2.76 bits per heavy atom. The monoisotopic (exact) mass is 296 g/mol. The van der Waals surface area contributed by atoms with E-state index in [0.29, 0.717) is 16.3 Å². The van der Waals surface area contributed by atoms with E-state index in [1.807, 2.05) is 0 Å². The van der Waals surface area contributed by atoms with Crippen LogP contribution in [0.1, 0.15) is 36.0 Å². The van der Waals surface area contributed by atoms with Gasteiger partial charge in [0.2, 0.25) is 0 Å². The maximum Gasteiger partial charge on any atom is 0.251 e. The van der Waals surface area contributed by atoms with E-state index in [1.165, 1.54) is 25.7 Å². The lowest BCUT2D eigenvalue weighted by molar-refractivity contribution is 0.0944. The fraction of sp³-hybridized carbons (Fsp3) is 0.538. The van der Waals surface area contributed by atoms with Gasteiger partial charge in [-0.05, 0) is 30.9 Å². The minimum atomic E-state index is -0.00215. The lowest BCUT2D eigenvalue weighted by atomic mass is 9.89. The molecule has 92 valence electrons. The highest BCUT2D eigenvalue weighted by atomic mass is 79.9. The molecule has 0 aromatic carbocycles. The first kappa shape index (κ1) is 12.6. The molecule has 2 unspecified atom stereocenters. The van der Waals surface area contributed by atoms with Crippen LogP contribution in [-0.2, 0) is 0 Å². The number of halogens is 1. The van der Waals surface area contributed by atoms with E-state index in [0.717, 1.165) is 6.54 Å². The van der Waals surface area contributed by atoms with Gasteiger partial charge in [-0.3, -0.25) is 9.78 Å². The molecule has 1 amide bonds. The van der Waals surface area contributed by atoms with Crippen molar-refractivity contribution >= 4 is 21.8 Å². The van der Waals surface area contributed by atoms with Crippen molar-refractivity contribution in [1.82, 2.24) is 10.3 Å². The number of rotatable bonds is 3. The number of aromatic nitrogens is 1. The molecule has 1 N–H and O–H groups in total. The molecule has 0 aliphatic heterocycles. The lowest BCUT2D eigenvalue weighted by Gasteiger charge is -2.27. The quantitative estimate of drug-likeness (QED) is 0.872. The summed E-state index contributed by atoms with van der Waals surface area (Å²) in [6.07, 6.45) is 8.27. The van der Waals surface area contributed by atoms with Crippen molar-refractivity contribution in [3.05, 3.63) is 30.1 Å². The standard InChI is InChI=1S/C13H17BrN2O/c14-12-4-2-1-3-11(12)9-16-13(17)10-5-7-15-8-6-10/h5-8,11-12H,1-4,9H2,(H,16,17). The van der Waals surface area contributed by atoms with Gasteiger partial charge in [-0.25, -0.2) is 0 Å². The van der Waals surface area contributed by atoms with E-state index in [2.05, 4.69) is 26.2 Å². The van der Waals surface area contributed by atoms with Gasteiger partial charge in [0.1, 0.15) is 0 Å². The molecule has 0 saturated heterocycles. The number of nitrogens with one attached hydrogen (secondary N) is 1. The van der Waals surface area contributed by atoms with E-state index in [4.69, 9.17) is 0 Å². The first-order valence-corrected chi connectivity index (χ1v) is 7.01.